The Bertz CT molecular complexity index is 940. The summed E-state index contributed by atoms with van der Waals surface area (Å²) in [6.45, 7) is 2.41. The van der Waals surface area contributed by atoms with Crippen LogP contribution in [-0.2, 0) is 5.75 Å². The normalized spacial score (nSPS) is 14.3. The highest BCUT2D eigenvalue weighted by Gasteiger charge is 2.25. The third-order valence-corrected chi connectivity index (χ3v) is 6.48. The van der Waals surface area contributed by atoms with Crippen molar-refractivity contribution in [1.82, 2.24) is 9.88 Å². The van der Waals surface area contributed by atoms with Gasteiger partial charge in [0, 0.05) is 42.2 Å². The topological polar surface area (TPSA) is 36.4 Å². The molecule has 0 radical (unpaired) electrons. The number of nitrogens with zero attached hydrogens (tertiary/aromatic N) is 3. The molecule has 4 nitrogen and oxygen atoms in total. The van der Waals surface area contributed by atoms with Crippen LogP contribution < -0.4 is 4.90 Å². The average molecular weight is 414 g/mol. The quantitative estimate of drug-likeness (QED) is 0.576. The maximum atomic E-state index is 14.0. The molecule has 1 aromatic heterocycles. The molecule has 4 rings (SSSR count). The predicted octanol–water partition coefficient (Wildman–Crippen LogP) is 4.54. The summed E-state index contributed by atoms with van der Waals surface area (Å²) in [4.78, 5) is 22.2. The van der Waals surface area contributed by atoms with Gasteiger partial charge in [-0.15, -0.1) is 23.1 Å². The summed E-state index contributed by atoms with van der Waals surface area (Å²) >= 11 is 3.21. The van der Waals surface area contributed by atoms with Crippen LogP contribution in [0.3, 0.4) is 0 Å². The molecule has 28 heavy (non-hydrogen) atoms. The highest BCUT2D eigenvalue weighted by Crippen LogP contribution is 2.28. The van der Waals surface area contributed by atoms with E-state index in [0.717, 1.165) is 21.9 Å². The molecule has 1 saturated heterocycles. The summed E-state index contributed by atoms with van der Waals surface area (Å²) < 4.78 is 14.0. The smallest absolute Gasteiger partial charge is 0.255 e. The summed E-state index contributed by atoms with van der Waals surface area (Å²) in [5, 5.41) is 2.03. The molecular weight excluding hydrogens is 393 g/mol. The maximum absolute atomic E-state index is 14.0. The van der Waals surface area contributed by atoms with E-state index >= 15 is 0 Å². The Labute approximate surface area is 172 Å². The number of rotatable bonds is 5. The first-order chi connectivity index (χ1) is 13.7. The molecular formula is C21H20FN3OS2. The third-order valence-electron chi connectivity index (χ3n) is 4.74. The van der Waals surface area contributed by atoms with E-state index in [4.69, 9.17) is 0 Å². The largest absolute Gasteiger partial charge is 0.366 e. The third kappa shape index (κ3) is 4.20. The van der Waals surface area contributed by atoms with Gasteiger partial charge in [0.2, 0.25) is 0 Å². The van der Waals surface area contributed by atoms with Crippen molar-refractivity contribution in [3.8, 4) is 0 Å². The Balaban J connectivity index is 1.42. The van der Waals surface area contributed by atoms with Crippen molar-refractivity contribution in [2.24, 2.45) is 0 Å². The molecule has 2 aromatic carbocycles. The van der Waals surface area contributed by atoms with Crippen molar-refractivity contribution in [3.63, 3.8) is 0 Å². The highest BCUT2D eigenvalue weighted by atomic mass is 32.2. The van der Waals surface area contributed by atoms with E-state index < -0.39 is 0 Å². The number of halogens is 1. The number of carbonyl (C=O) groups is 1. The van der Waals surface area contributed by atoms with Crippen LogP contribution in [0.15, 0.2) is 64.3 Å². The lowest BCUT2D eigenvalue weighted by Crippen LogP contribution is -2.49. The van der Waals surface area contributed by atoms with Crippen LogP contribution in [0.2, 0.25) is 0 Å². The molecule has 0 atom stereocenters. The summed E-state index contributed by atoms with van der Waals surface area (Å²) in [5.74, 6) is 0.565. The van der Waals surface area contributed by atoms with E-state index in [2.05, 4.69) is 4.98 Å². The van der Waals surface area contributed by atoms with Crippen LogP contribution in [0.1, 0.15) is 16.1 Å². The van der Waals surface area contributed by atoms with Gasteiger partial charge in [-0.1, -0.05) is 24.3 Å². The van der Waals surface area contributed by atoms with Gasteiger partial charge in [0.05, 0.1) is 22.5 Å². The number of hydrogen-bond acceptors (Lipinski definition) is 5. The molecule has 144 valence electrons. The van der Waals surface area contributed by atoms with E-state index in [0.29, 0.717) is 31.9 Å². The van der Waals surface area contributed by atoms with Crippen molar-refractivity contribution in [1.29, 1.82) is 0 Å². The number of amides is 1. The van der Waals surface area contributed by atoms with Crippen LogP contribution >= 0.6 is 23.1 Å². The van der Waals surface area contributed by atoms with E-state index in [1.807, 2.05) is 51.0 Å². The Hall–Kier alpha value is -2.38. The van der Waals surface area contributed by atoms with Gasteiger partial charge in [0.25, 0.3) is 5.91 Å². The van der Waals surface area contributed by atoms with Gasteiger partial charge in [-0.2, -0.15) is 0 Å². The fraction of sp³-hybridized carbons (Fsp3) is 0.238. The maximum Gasteiger partial charge on any atom is 0.255 e. The Kier molecular flexibility index (Phi) is 5.92. The number of hydrogen-bond donors (Lipinski definition) is 0. The van der Waals surface area contributed by atoms with Crippen molar-refractivity contribution in [2.45, 2.75) is 10.6 Å². The number of para-hydroxylation sites is 1. The molecule has 1 amide bonds. The van der Waals surface area contributed by atoms with Crippen LogP contribution in [-0.4, -0.2) is 42.0 Å². The molecule has 0 N–H and O–H groups in total. The Morgan fingerprint density at radius 2 is 1.82 bits per heavy atom. The monoisotopic (exact) mass is 413 g/mol. The Morgan fingerprint density at radius 3 is 2.57 bits per heavy atom. The van der Waals surface area contributed by atoms with Crippen molar-refractivity contribution < 1.29 is 9.18 Å². The zero-order valence-corrected chi connectivity index (χ0v) is 16.9. The van der Waals surface area contributed by atoms with E-state index in [-0.39, 0.29) is 11.7 Å². The van der Waals surface area contributed by atoms with Gasteiger partial charge < -0.3 is 9.80 Å². The SMILES string of the molecule is O=C(c1ccccc1SCc1cscn1)N1CCN(c2ccccc2F)CC1. The molecule has 0 spiro atoms. The van der Waals surface area contributed by atoms with Crippen LogP contribution in [0, 0.1) is 5.82 Å². The highest BCUT2D eigenvalue weighted by molar-refractivity contribution is 7.98. The standard InChI is InChI=1S/C21H20FN3OS2/c22-18-6-2-3-7-19(18)24-9-11-25(12-10-24)21(26)17-5-1-4-8-20(17)28-14-16-13-27-15-23-16/h1-8,13,15H,9-12,14H2. The molecule has 2 heterocycles. The van der Waals surface area contributed by atoms with Crippen LogP contribution in [0.25, 0.3) is 0 Å². The first-order valence-corrected chi connectivity index (χ1v) is 11.0. The fourth-order valence-electron chi connectivity index (χ4n) is 3.26. The van der Waals surface area contributed by atoms with Gasteiger partial charge in [0.15, 0.2) is 0 Å². The average Bonchev–Trinajstić information content (AvgIpc) is 3.26. The molecule has 0 saturated carbocycles. The van der Waals surface area contributed by atoms with Gasteiger partial charge in [0.1, 0.15) is 5.82 Å². The van der Waals surface area contributed by atoms with Gasteiger partial charge in [-0.25, -0.2) is 9.37 Å². The minimum Gasteiger partial charge on any atom is -0.366 e. The summed E-state index contributed by atoms with van der Waals surface area (Å²) in [7, 11) is 0. The molecule has 1 aliphatic heterocycles. The molecule has 0 bridgehead atoms. The second kappa shape index (κ2) is 8.75. The van der Waals surface area contributed by atoms with E-state index in [1.54, 1.807) is 35.2 Å². The van der Waals surface area contributed by atoms with E-state index in [1.165, 1.54) is 6.07 Å². The van der Waals surface area contributed by atoms with E-state index in [9.17, 15) is 9.18 Å². The molecule has 0 unspecified atom stereocenters. The number of benzene rings is 2. The van der Waals surface area contributed by atoms with Gasteiger partial charge >= 0.3 is 0 Å². The minimum atomic E-state index is -0.217. The lowest BCUT2D eigenvalue weighted by atomic mass is 10.1. The van der Waals surface area contributed by atoms with Crippen molar-refractivity contribution in [2.75, 3.05) is 31.1 Å². The lowest BCUT2D eigenvalue weighted by Gasteiger charge is -2.36. The number of anilines is 1. The zero-order chi connectivity index (χ0) is 19.3. The predicted molar refractivity (Wildman–Crippen MR) is 113 cm³/mol. The number of carbonyl (C=O) groups excluding carboxylic acids is 1. The second-order valence-corrected chi connectivity index (χ2v) is 8.23. The van der Waals surface area contributed by atoms with Gasteiger partial charge in [-0.3, -0.25) is 4.79 Å². The first-order valence-electron chi connectivity index (χ1n) is 9.10. The molecule has 1 aliphatic rings. The number of thioether (sulfide) groups is 1. The van der Waals surface area contributed by atoms with Crippen molar-refractivity contribution in [3.05, 3.63) is 76.5 Å². The minimum absolute atomic E-state index is 0.0366. The first kappa shape index (κ1) is 19.0. The molecule has 1 fully saturated rings. The van der Waals surface area contributed by atoms with Crippen molar-refractivity contribution >= 4 is 34.7 Å². The molecule has 7 heteroatoms. The zero-order valence-electron chi connectivity index (χ0n) is 15.3. The number of thiazole rings is 1. The summed E-state index contributed by atoms with van der Waals surface area (Å²) in [6, 6.07) is 14.5. The number of aromatic nitrogens is 1. The Morgan fingerprint density at radius 1 is 1.07 bits per heavy atom. The number of piperazine rings is 1. The van der Waals surface area contributed by atoms with Crippen LogP contribution in [0.5, 0.6) is 0 Å². The summed E-state index contributed by atoms with van der Waals surface area (Å²) in [5.41, 5.74) is 4.17. The fourth-order valence-corrected chi connectivity index (χ4v) is 4.87. The summed E-state index contributed by atoms with van der Waals surface area (Å²) in [6.07, 6.45) is 0. The van der Waals surface area contributed by atoms with Crippen LogP contribution in [0.4, 0.5) is 10.1 Å². The second-order valence-electron chi connectivity index (χ2n) is 6.50. The lowest BCUT2D eigenvalue weighted by molar-refractivity contribution is 0.0743. The molecule has 0 aliphatic carbocycles. The molecule has 3 aromatic rings. The van der Waals surface area contributed by atoms with Gasteiger partial charge in [-0.05, 0) is 24.3 Å².